The number of aliphatic hydroxyl groups is 8. The fourth-order valence-corrected chi connectivity index (χ4v) is 5.98. The SMILES string of the molecule is CO.CO.CO.CO.CO.CO.CO.CO.COc1cccc(C=Nc2ccccc2[O-])c1[O-].COc1cccc(C=Nc2ccccc2[O-])c1[O-].O=C(/C=C(\[O-])c1ccccc1)c1ccccc1.O=C(/C=C(\[O-])c1ccccc1)c1ccccc1.[Tb+3].[Tb+3]. The monoisotopic (exact) mass is 1500 g/mol. The molecule has 0 amide bonds. The van der Waals surface area contributed by atoms with Crippen LogP contribution in [0, 0.1) is 77.2 Å². The first kappa shape index (κ1) is 91.7. The summed E-state index contributed by atoms with van der Waals surface area (Å²) in [5.41, 5.74) is 3.48. The molecule has 0 radical (unpaired) electrons. The van der Waals surface area contributed by atoms with Gasteiger partial charge in [0.15, 0.2) is 11.6 Å². The van der Waals surface area contributed by atoms with Gasteiger partial charge in [0.2, 0.25) is 0 Å². The molecule has 88 heavy (non-hydrogen) atoms. The van der Waals surface area contributed by atoms with Gasteiger partial charge in [-0.1, -0.05) is 217 Å². The molecule has 20 nitrogen and oxygen atoms in total. The van der Waals surface area contributed by atoms with Gasteiger partial charge in [-0.2, -0.15) is 0 Å². The van der Waals surface area contributed by atoms with Gasteiger partial charge in [0.25, 0.3) is 0 Å². The average molecular weight is 1500 g/mol. The third-order valence-electron chi connectivity index (χ3n) is 9.63. The number of methoxy groups -OCH3 is 2. The second-order valence-electron chi connectivity index (χ2n) is 14.4. The van der Waals surface area contributed by atoms with E-state index in [4.69, 9.17) is 50.3 Å². The van der Waals surface area contributed by atoms with Crippen LogP contribution in [0.3, 0.4) is 0 Å². The Morgan fingerprint density at radius 2 is 0.580 bits per heavy atom. The van der Waals surface area contributed by atoms with Crippen molar-refractivity contribution in [3.63, 3.8) is 0 Å². The van der Waals surface area contributed by atoms with Crippen molar-refractivity contribution in [2.24, 2.45) is 9.98 Å². The first-order valence-corrected chi connectivity index (χ1v) is 24.9. The van der Waals surface area contributed by atoms with Crippen molar-refractivity contribution >= 4 is 46.9 Å². The van der Waals surface area contributed by atoms with Crippen molar-refractivity contribution in [3.05, 3.63) is 252 Å². The molecule has 0 spiro atoms. The largest absolute Gasteiger partial charge is 3.00 e. The van der Waals surface area contributed by atoms with Gasteiger partial charge in [0.1, 0.15) is 11.5 Å². The molecular formula is C66H76N2O18Tb2. The summed E-state index contributed by atoms with van der Waals surface area (Å²) in [5.74, 6) is -1.38. The molecule has 8 aromatic carbocycles. The molecule has 0 saturated carbocycles. The smallest absolute Gasteiger partial charge is 0.872 e. The first-order chi connectivity index (χ1) is 42.0. The maximum Gasteiger partial charge on any atom is 3.00 e. The summed E-state index contributed by atoms with van der Waals surface area (Å²) in [4.78, 5) is 31.5. The van der Waals surface area contributed by atoms with Crippen LogP contribution in [0.1, 0.15) is 43.0 Å². The number of aliphatic imine (C=N–C) groups is 2. The Hall–Kier alpha value is -7.43. The topological polar surface area (TPSA) is 378 Å². The van der Waals surface area contributed by atoms with Gasteiger partial charge < -0.3 is 81.0 Å². The predicted molar refractivity (Wildman–Crippen MR) is 327 cm³/mol. The van der Waals surface area contributed by atoms with E-state index >= 15 is 0 Å². The zero-order valence-corrected chi connectivity index (χ0v) is 54.4. The van der Waals surface area contributed by atoms with Gasteiger partial charge in [-0.25, -0.2) is 0 Å². The zero-order valence-electron chi connectivity index (χ0n) is 50.2. The van der Waals surface area contributed by atoms with Gasteiger partial charge in [0, 0.05) is 80.4 Å². The number of carbonyl (C=O) groups is 2. The molecule has 0 atom stereocenters. The zero-order chi connectivity index (χ0) is 66.1. The van der Waals surface area contributed by atoms with Crippen molar-refractivity contribution in [3.8, 4) is 34.5 Å². The Morgan fingerprint density at radius 1 is 0.341 bits per heavy atom. The number of rotatable bonds is 12. The quantitative estimate of drug-likeness (QED) is 0.0359. The first-order valence-electron chi connectivity index (χ1n) is 24.9. The van der Waals surface area contributed by atoms with Crippen molar-refractivity contribution in [1.82, 2.24) is 0 Å². The van der Waals surface area contributed by atoms with E-state index in [0.717, 1.165) is 69.0 Å². The third-order valence-corrected chi connectivity index (χ3v) is 9.63. The number of hydrogen-bond acceptors (Lipinski definition) is 20. The van der Waals surface area contributed by atoms with Gasteiger partial charge in [-0.05, 0) is 58.7 Å². The number of para-hydroxylation sites is 6. The third kappa shape index (κ3) is 37.3. The molecule has 476 valence electrons. The predicted octanol–water partition coefficient (Wildman–Crippen LogP) is 4.60. The minimum atomic E-state index is -0.264. The number of benzene rings is 8. The minimum absolute atomic E-state index is 0. The van der Waals surface area contributed by atoms with Gasteiger partial charge >= 0.3 is 77.2 Å². The van der Waals surface area contributed by atoms with Crippen molar-refractivity contribution in [2.75, 3.05) is 71.1 Å². The van der Waals surface area contributed by atoms with Crippen LogP contribution in [0.2, 0.25) is 0 Å². The van der Waals surface area contributed by atoms with Gasteiger partial charge in [0.05, 0.1) is 25.6 Å². The van der Waals surface area contributed by atoms with E-state index in [2.05, 4.69) is 9.98 Å². The molecule has 0 aliphatic carbocycles. The normalized spacial score (nSPS) is 9.25. The van der Waals surface area contributed by atoms with Crippen LogP contribution in [-0.2, 0) is 0 Å². The molecule has 0 heterocycles. The molecular weight excluding hydrogens is 1430 g/mol. The number of ether oxygens (including phenoxy) is 2. The molecule has 0 fully saturated rings. The van der Waals surface area contributed by atoms with Gasteiger partial charge in [-0.3, -0.25) is 19.6 Å². The van der Waals surface area contributed by atoms with Crippen molar-refractivity contribution < 1.29 is 168 Å². The molecule has 0 aliphatic heterocycles. The molecule has 0 saturated heterocycles. The van der Waals surface area contributed by atoms with E-state index in [1.807, 2.05) is 24.3 Å². The Balaban J connectivity index is -0.000000234. The van der Waals surface area contributed by atoms with E-state index in [1.54, 1.807) is 170 Å². The van der Waals surface area contributed by atoms with Gasteiger partial charge in [-0.15, -0.1) is 0 Å². The van der Waals surface area contributed by atoms with Crippen molar-refractivity contribution in [1.29, 1.82) is 0 Å². The van der Waals surface area contributed by atoms with Crippen LogP contribution in [-0.4, -0.2) is 136 Å². The number of nitrogens with zero attached hydrogens (tertiary/aromatic N) is 2. The summed E-state index contributed by atoms with van der Waals surface area (Å²) < 4.78 is 9.85. The number of carbonyl (C=O) groups excluding carboxylic acids is 2. The fraction of sp³-hybridized carbons (Fsp3) is 0.152. The number of ketones is 2. The van der Waals surface area contributed by atoms with Crippen LogP contribution in [0.5, 0.6) is 34.5 Å². The second-order valence-corrected chi connectivity index (χ2v) is 14.4. The molecule has 0 aromatic heterocycles. The number of hydrogen-bond donors (Lipinski definition) is 8. The van der Waals surface area contributed by atoms with Crippen molar-refractivity contribution in [2.45, 2.75) is 0 Å². The van der Waals surface area contributed by atoms with Crippen LogP contribution in [0.4, 0.5) is 11.4 Å². The maximum atomic E-state index is 11.8. The second kappa shape index (κ2) is 62.6. The fourth-order valence-electron chi connectivity index (χ4n) is 5.98. The Morgan fingerprint density at radius 3 is 0.830 bits per heavy atom. The summed E-state index contributed by atoms with van der Waals surface area (Å²) in [6, 6.07) is 57.6. The summed E-state index contributed by atoms with van der Waals surface area (Å²) in [5, 5.41) is 126. The van der Waals surface area contributed by atoms with Crippen LogP contribution in [0.25, 0.3) is 11.5 Å². The van der Waals surface area contributed by atoms with E-state index in [0.29, 0.717) is 44.8 Å². The van der Waals surface area contributed by atoms with Crippen LogP contribution >= 0.6 is 0 Å². The van der Waals surface area contributed by atoms with E-state index < -0.39 is 0 Å². The van der Waals surface area contributed by atoms with Crippen LogP contribution < -0.4 is 40.1 Å². The summed E-state index contributed by atoms with van der Waals surface area (Å²) in [6.45, 7) is 0. The summed E-state index contributed by atoms with van der Waals surface area (Å²) >= 11 is 0. The molecule has 0 aliphatic rings. The standard InChI is InChI=1S/2C15H12O2.2C14H13NO3.8CH4O.2Tb/c2*16-14(12-7-3-1-4-8-12)11-15(17)13-9-5-2-6-10-13;2*1-18-13-8-4-5-10(14(13)17)9-15-11-6-2-3-7-12(11)16;8*1-2;;/h2*1-11,16H;2*2-9,16-17H,1H3;8*2H,1H3;;/q;;;;;;;;;;;;2*+3/p-6/b2*14-11-;;;;;;;;;;;;. The average Bonchev–Trinajstić information content (AvgIpc) is 3.74. The Labute approximate surface area is 576 Å². The minimum Gasteiger partial charge on any atom is -0.872 e. The number of aliphatic hydroxyl groups excluding tert-OH is 8. The molecule has 0 unspecified atom stereocenters. The van der Waals surface area contributed by atoms with E-state index in [9.17, 15) is 40.2 Å². The Kier molecular flexibility index (Phi) is 65.3. The van der Waals surface area contributed by atoms with E-state index in [-0.39, 0.29) is 135 Å². The number of allylic oxidation sites excluding steroid dienone is 2. The maximum absolute atomic E-state index is 11.8. The summed E-state index contributed by atoms with van der Waals surface area (Å²) in [6.07, 6.45) is 5.01. The Bertz CT molecular complexity index is 2880. The molecule has 22 heteroatoms. The van der Waals surface area contributed by atoms with Crippen LogP contribution in [0.15, 0.2) is 228 Å². The van der Waals surface area contributed by atoms with E-state index in [1.165, 1.54) is 38.8 Å². The molecule has 8 N–H and O–H groups in total. The molecule has 0 bridgehead atoms. The molecule has 8 aromatic rings. The summed E-state index contributed by atoms with van der Waals surface area (Å²) in [7, 11) is 10.9. The molecule has 8 rings (SSSR count).